The van der Waals surface area contributed by atoms with E-state index in [2.05, 4.69) is 4.98 Å². The Morgan fingerprint density at radius 1 is 1.29 bits per heavy atom. The molecule has 1 heterocycles. The Labute approximate surface area is 82.2 Å². The summed E-state index contributed by atoms with van der Waals surface area (Å²) in [5, 5.41) is 0. The fourth-order valence-corrected chi connectivity index (χ4v) is 1.99. The number of hydrogen-bond acceptors (Lipinski definition) is 1. The Morgan fingerprint density at radius 3 is 2.57 bits per heavy atom. The van der Waals surface area contributed by atoms with E-state index in [4.69, 9.17) is 0 Å². The minimum Gasteiger partial charge on any atom is -0.264 e. The Bertz CT molecular complexity index is 287. The summed E-state index contributed by atoms with van der Waals surface area (Å²) in [4.78, 5) is 4.01. The minimum atomic E-state index is -2.43. The third kappa shape index (κ3) is 2.08. The van der Waals surface area contributed by atoms with Crippen molar-refractivity contribution in [1.82, 2.24) is 4.98 Å². The first-order chi connectivity index (χ1) is 6.67. The number of rotatable bonds is 1. The van der Waals surface area contributed by atoms with Crippen molar-refractivity contribution >= 4 is 0 Å². The van der Waals surface area contributed by atoms with Crippen LogP contribution in [0.3, 0.4) is 0 Å². The van der Waals surface area contributed by atoms with Crippen molar-refractivity contribution in [1.29, 1.82) is 0 Å². The summed E-state index contributed by atoms with van der Waals surface area (Å²) < 4.78 is 25.8. The van der Waals surface area contributed by atoms with Crippen LogP contribution in [0, 0.1) is 0 Å². The van der Waals surface area contributed by atoms with Gasteiger partial charge in [-0.3, -0.25) is 4.98 Å². The maximum Gasteiger partial charge on any atom is 0.248 e. The van der Waals surface area contributed by atoms with E-state index in [1.165, 1.54) is 0 Å². The van der Waals surface area contributed by atoms with E-state index in [0.717, 1.165) is 5.56 Å². The summed E-state index contributed by atoms with van der Waals surface area (Å²) in [7, 11) is 0. The molecule has 76 valence electrons. The summed E-state index contributed by atoms with van der Waals surface area (Å²) >= 11 is 0. The van der Waals surface area contributed by atoms with E-state index in [1.807, 2.05) is 12.1 Å². The van der Waals surface area contributed by atoms with Crippen LogP contribution in [-0.4, -0.2) is 10.9 Å². The number of halogens is 2. The molecular weight excluding hydrogens is 184 g/mol. The molecular formula is C11H13F2N. The molecule has 2 rings (SSSR count). The molecule has 1 nitrogen and oxygen atoms in total. The van der Waals surface area contributed by atoms with Crippen LogP contribution in [0.2, 0.25) is 0 Å². The number of hydrogen-bond donors (Lipinski definition) is 0. The van der Waals surface area contributed by atoms with Gasteiger partial charge in [-0.05, 0) is 30.4 Å². The lowest BCUT2D eigenvalue weighted by molar-refractivity contribution is -0.0382. The van der Waals surface area contributed by atoms with Crippen LogP contribution >= 0.6 is 0 Å². The monoisotopic (exact) mass is 197 g/mol. The Hall–Kier alpha value is -0.990. The molecule has 3 heteroatoms. The van der Waals surface area contributed by atoms with Crippen LogP contribution in [0.1, 0.15) is 37.2 Å². The molecule has 1 aliphatic carbocycles. The van der Waals surface area contributed by atoms with Crippen LogP contribution in [-0.2, 0) is 0 Å². The minimum absolute atomic E-state index is 0.0204. The van der Waals surface area contributed by atoms with Gasteiger partial charge in [0.25, 0.3) is 0 Å². The molecule has 0 spiro atoms. The van der Waals surface area contributed by atoms with Crippen molar-refractivity contribution in [2.75, 3.05) is 0 Å². The number of alkyl halides is 2. The van der Waals surface area contributed by atoms with Crippen molar-refractivity contribution in [3.63, 3.8) is 0 Å². The molecule has 1 fully saturated rings. The maximum atomic E-state index is 12.9. The molecule has 1 aromatic heterocycles. The van der Waals surface area contributed by atoms with E-state index in [9.17, 15) is 8.78 Å². The topological polar surface area (TPSA) is 12.9 Å². The van der Waals surface area contributed by atoms with Crippen LogP contribution in [0.25, 0.3) is 0 Å². The first-order valence-electron chi connectivity index (χ1n) is 4.95. The lowest BCUT2D eigenvalue weighted by Crippen LogP contribution is -2.23. The van der Waals surface area contributed by atoms with Gasteiger partial charge >= 0.3 is 0 Å². The highest BCUT2D eigenvalue weighted by Crippen LogP contribution is 2.40. The van der Waals surface area contributed by atoms with Crippen LogP contribution in [0.5, 0.6) is 0 Å². The fourth-order valence-electron chi connectivity index (χ4n) is 1.99. The molecule has 1 aromatic rings. The molecule has 0 N–H and O–H groups in total. The van der Waals surface area contributed by atoms with Gasteiger partial charge in [-0.15, -0.1) is 0 Å². The normalized spacial score (nSPS) is 22.1. The van der Waals surface area contributed by atoms with E-state index in [1.54, 1.807) is 12.4 Å². The summed E-state index contributed by atoms with van der Waals surface area (Å²) in [5.74, 6) is -2.15. The van der Waals surface area contributed by atoms with E-state index < -0.39 is 5.92 Å². The summed E-state index contributed by atoms with van der Waals surface area (Å²) in [5.41, 5.74) is 1.10. The van der Waals surface area contributed by atoms with Gasteiger partial charge in [0.2, 0.25) is 5.92 Å². The van der Waals surface area contributed by atoms with Gasteiger partial charge in [-0.1, -0.05) is 6.07 Å². The second-order valence-electron chi connectivity index (χ2n) is 3.92. The van der Waals surface area contributed by atoms with Crippen molar-refractivity contribution in [3.8, 4) is 0 Å². The molecule has 1 saturated carbocycles. The van der Waals surface area contributed by atoms with Gasteiger partial charge in [-0.2, -0.15) is 0 Å². The molecule has 0 radical (unpaired) electrons. The maximum absolute atomic E-state index is 12.9. The third-order valence-electron chi connectivity index (χ3n) is 2.87. The number of pyridine rings is 1. The third-order valence-corrected chi connectivity index (χ3v) is 2.87. The molecule has 0 unspecified atom stereocenters. The van der Waals surface area contributed by atoms with Gasteiger partial charge < -0.3 is 0 Å². The van der Waals surface area contributed by atoms with E-state index in [0.29, 0.717) is 12.8 Å². The highest BCUT2D eigenvalue weighted by atomic mass is 19.3. The molecule has 0 atom stereocenters. The Morgan fingerprint density at radius 2 is 2.00 bits per heavy atom. The van der Waals surface area contributed by atoms with Gasteiger partial charge in [-0.25, -0.2) is 8.78 Å². The van der Waals surface area contributed by atoms with Crippen molar-refractivity contribution < 1.29 is 8.78 Å². The molecule has 0 aliphatic heterocycles. The second kappa shape index (κ2) is 3.64. The van der Waals surface area contributed by atoms with Crippen molar-refractivity contribution in [3.05, 3.63) is 30.1 Å². The summed E-state index contributed by atoms with van der Waals surface area (Å²) in [6.07, 6.45) is 4.70. The quantitative estimate of drug-likeness (QED) is 0.672. The Kier molecular flexibility index (Phi) is 2.48. The van der Waals surface area contributed by atoms with E-state index >= 15 is 0 Å². The summed E-state index contributed by atoms with van der Waals surface area (Å²) in [6.45, 7) is 0. The first-order valence-corrected chi connectivity index (χ1v) is 4.95. The van der Waals surface area contributed by atoms with E-state index in [-0.39, 0.29) is 18.8 Å². The highest BCUT2D eigenvalue weighted by molar-refractivity contribution is 5.15. The molecule has 1 aliphatic rings. The SMILES string of the molecule is FC1(F)CCC(c2cccnc2)CC1. The largest absolute Gasteiger partial charge is 0.264 e. The molecule has 0 aromatic carbocycles. The molecule has 0 saturated heterocycles. The summed E-state index contributed by atoms with van der Waals surface area (Å²) in [6, 6.07) is 3.84. The zero-order chi connectivity index (χ0) is 10.0. The lowest BCUT2D eigenvalue weighted by Gasteiger charge is -2.28. The lowest BCUT2D eigenvalue weighted by atomic mass is 9.83. The standard InChI is InChI=1S/C11H13F2N/c12-11(13)5-3-9(4-6-11)10-2-1-7-14-8-10/h1-2,7-9H,3-6H2. The van der Waals surface area contributed by atoms with Crippen molar-refractivity contribution in [2.45, 2.75) is 37.5 Å². The van der Waals surface area contributed by atoms with Gasteiger partial charge in [0.05, 0.1) is 0 Å². The predicted octanol–water partition coefficient (Wildman–Crippen LogP) is 3.37. The van der Waals surface area contributed by atoms with Crippen LogP contribution in [0.15, 0.2) is 24.5 Å². The predicted molar refractivity (Wildman–Crippen MR) is 50.4 cm³/mol. The first kappa shape index (κ1) is 9.56. The molecule has 0 bridgehead atoms. The van der Waals surface area contributed by atoms with Gasteiger partial charge in [0, 0.05) is 25.2 Å². The zero-order valence-corrected chi connectivity index (χ0v) is 7.92. The van der Waals surface area contributed by atoms with Crippen LogP contribution in [0.4, 0.5) is 8.78 Å². The number of nitrogens with zero attached hydrogens (tertiary/aromatic N) is 1. The zero-order valence-electron chi connectivity index (χ0n) is 7.92. The smallest absolute Gasteiger partial charge is 0.248 e. The highest BCUT2D eigenvalue weighted by Gasteiger charge is 2.35. The molecule has 0 amide bonds. The molecule has 14 heavy (non-hydrogen) atoms. The van der Waals surface area contributed by atoms with Gasteiger partial charge in [0.1, 0.15) is 0 Å². The van der Waals surface area contributed by atoms with Gasteiger partial charge in [0.15, 0.2) is 0 Å². The average Bonchev–Trinajstić information content (AvgIpc) is 2.19. The van der Waals surface area contributed by atoms with Crippen molar-refractivity contribution in [2.24, 2.45) is 0 Å². The Balaban J connectivity index is 2.03. The second-order valence-corrected chi connectivity index (χ2v) is 3.92. The fraction of sp³-hybridized carbons (Fsp3) is 0.545. The average molecular weight is 197 g/mol. The van der Waals surface area contributed by atoms with Crippen LogP contribution < -0.4 is 0 Å². The number of aromatic nitrogens is 1.